The Hall–Kier alpha value is -1.69. The lowest BCUT2D eigenvalue weighted by Gasteiger charge is -2.28. The fraction of sp³-hybridized carbons (Fsp3) is 0.357. The van der Waals surface area contributed by atoms with Crippen molar-refractivity contribution in [3.05, 3.63) is 48.0 Å². The lowest BCUT2D eigenvalue weighted by Crippen LogP contribution is -2.45. The number of amides is 1. The third-order valence-corrected chi connectivity index (χ3v) is 3.24. The molecule has 0 aromatic heterocycles. The number of benzene rings is 1. The van der Waals surface area contributed by atoms with Crippen LogP contribution in [0.2, 0.25) is 0 Å². The first-order valence-corrected chi connectivity index (χ1v) is 6.09. The maximum absolute atomic E-state index is 12.0. The molecule has 5 nitrogen and oxygen atoms in total. The first kappa shape index (κ1) is 13.7. The van der Waals surface area contributed by atoms with Crippen LogP contribution in [-0.2, 0) is 9.53 Å². The van der Waals surface area contributed by atoms with Gasteiger partial charge in [-0.05, 0) is 12.0 Å². The predicted octanol–water partition coefficient (Wildman–Crippen LogP) is 1.28. The monoisotopic (exact) mass is 263 g/mol. The number of carbonyl (C=O) groups is 1. The van der Waals surface area contributed by atoms with E-state index in [9.17, 15) is 15.1 Å². The summed E-state index contributed by atoms with van der Waals surface area (Å²) in [5, 5.41) is 20.5. The fourth-order valence-corrected chi connectivity index (χ4v) is 2.16. The van der Waals surface area contributed by atoms with Gasteiger partial charge in [0.15, 0.2) is 6.10 Å². The number of hydroxylamine groups is 2. The predicted molar refractivity (Wildman–Crippen MR) is 68.4 cm³/mol. The van der Waals surface area contributed by atoms with Gasteiger partial charge in [0.2, 0.25) is 0 Å². The molecule has 1 aromatic carbocycles. The summed E-state index contributed by atoms with van der Waals surface area (Å²) < 4.78 is 5.16. The Kier molecular flexibility index (Phi) is 4.31. The molecule has 0 unspecified atom stereocenters. The molecule has 3 atom stereocenters. The van der Waals surface area contributed by atoms with E-state index < -0.39 is 18.1 Å². The van der Waals surface area contributed by atoms with Gasteiger partial charge in [0.25, 0.3) is 5.91 Å². The van der Waals surface area contributed by atoms with E-state index in [0.29, 0.717) is 17.0 Å². The van der Waals surface area contributed by atoms with Gasteiger partial charge in [0.05, 0.1) is 12.1 Å². The third-order valence-electron chi connectivity index (χ3n) is 3.24. The van der Waals surface area contributed by atoms with Crippen LogP contribution in [0.25, 0.3) is 0 Å². The van der Waals surface area contributed by atoms with Gasteiger partial charge in [-0.3, -0.25) is 10.0 Å². The minimum absolute atomic E-state index is 0.350. The maximum Gasteiger partial charge on any atom is 0.279 e. The van der Waals surface area contributed by atoms with E-state index in [4.69, 9.17) is 4.74 Å². The molecule has 19 heavy (non-hydrogen) atoms. The first-order chi connectivity index (χ1) is 9.15. The molecule has 0 bridgehead atoms. The van der Waals surface area contributed by atoms with E-state index >= 15 is 0 Å². The third kappa shape index (κ3) is 2.84. The van der Waals surface area contributed by atoms with Gasteiger partial charge in [-0.25, -0.2) is 5.06 Å². The zero-order valence-corrected chi connectivity index (χ0v) is 10.6. The van der Waals surface area contributed by atoms with Gasteiger partial charge in [0, 0.05) is 7.11 Å². The van der Waals surface area contributed by atoms with Crippen LogP contribution in [0.15, 0.2) is 42.5 Å². The SMILES string of the molecule is CO[C@@H]1C=CC[C@H]1N(O)C(=O)[C@H](O)c1ccccc1. The zero-order chi connectivity index (χ0) is 13.8. The number of carbonyl (C=O) groups excluding carboxylic acids is 1. The van der Waals surface area contributed by atoms with Gasteiger partial charge >= 0.3 is 0 Å². The Balaban J connectivity index is 2.07. The molecule has 1 aromatic rings. The minimum atomic E-state index is -1.37. The number of rotatable bonds is 4. The quantitative estimate of drug-likeness (QED) is 0.488. The van der Waals surface area contributed by atoms with Crippen molar-refractivity contribution in [2.75, 3.05) is 7.11 Å². The molecule has 5 heteroatoms. The van der Waals surface area contributed by atoms with Crippen molar-refractivity contribution in [2.24, 2.45) is 0 Å². The van der Waals surface area contributed by atoms with Crippen LogP contribution in [0.4, 0.5) is 0 Å². The summed E-state index contributed by atoms with van der Waals surface area (Å²) in [5.74, 6) is -0.748. The minimum Gasteiger partial charge on any atom is -0.378 e. The molecule has 2 N–H and O–H groups in total. The molecule has 2 rings (SSSR count). The molecule has 102 valence electrons. The highest BCUT2D eigenvalue weighted by molar-refractivity contribution is 5.81. The van der Waals surface area contributed by atoms with E-state index in [1.54, 1.807) is 36.4 Å². The van der Waals surface area contributed by atoms with Gasteiger partial charge in [-0.15, -0.1) is 0 Å². The second-order valence-electron chi connectivity index (χ2n) is 4.43. The Morgan fingerprint density at radius 2 is 2.11 bits per heavy atom. The Morgan fingerprint density at radius 3 is 2.74 bits per heavy atom. The van der Waals surface area contributed by atoms with E-state index in [2.05, 4.69) is 0 Å². The highest BCUT2D eigenvalue weighted by Gasteiger charge is 2.34. The Bertz CT molecular complexity index is 460. The van der Waals surface area contributed by atoms with Crippen molar-refractivity contribution in [1.82, 2.24) is 5.06 Å². The summed E-state index contributed by atoms with van der Waals surface area (Å²) in [6.45, 7) is 0. The molecular weight excluding hydrogens is 246 g/mol. The van der Waals surface area contributed by atoms with E-state index in [1.165, 1.54) is 7.11 Å². The number of aliphatic hydroxyl groups excluding tert-OH is 1. The molecule has 0 spiro atoms. The molecule has 0 saturated heterocycles. The van der Waals surface area contributed by atoms with E-state index in [1.807, 2.05) is 6.08 Å². The van der Waals surface area contributed by atoms with Crippen molar-refractivity contribution >= 4 is 5.91 Å². The molecule has 0 aliphatic heterocycles. The second-order valence-corrected chi connectivity index (χ2v) is 4.43. The summed E-state index contributed by atoms with van der Waals surface area (Å²) in [6.07, 6.45) is 2.41. The number of ether oxygens (including phenoxy) is 1. The van der Waals surface area contributed by atoms with Crippen LogP contribution in [-0.4, -0.2) is 40.5 Å². The second kappa shape index (κ2) is 5.97. The molecule has 0 saturated carbocycles. The number of nitrogens with zero attached hydrogens (tertiary/aromatic N) is 1. The van der Waals surface area contributed by atoms with Crippen LogP contribution in [0.3, 0.4) is 0 Å². The molecule has 1 aliphatic rings. The summed E-state index contributed by atoms with van der Waals surface area (Å²) in [7, 11) is 1.51. The highest BCUT2D eigenvalue weighted by atomic mass is 16.5. The molecular formula is C14H17NO4. The average molecular weight is 263 g/mol. The summed E-state index contributed by atoms with van der Waals surface area (Å²) in [6, 6.07) is 8.02. The normalized spacial score (nSPS) is 23.3. The van der Waals surface area contributed by atoms with Gasteiger partial charge < -0.3 is 9.84 Å². The molecule has 1 aliphatic carbocycles. The van der Waals surface area contributed by atoms with Gasteiger partial charge in [0.1, 0.15) is 0 Å². The van der Waals surface area contributed by atoms with Crippen LogP contribution in [0, 0.1) is 0 Å². The van der Waals surface area contributed by atoms with E-state index in [-0.39, 0.29) is 6.10 Å². The van der Waals surface area contributed by atoms with Crippen LogP contribution in [0.5, 0.6) is 0 Å². The lowest BCUT2D eigenvalue weighted by atomic mass is 10.1. The smallest absolute Gasteiger partial charge is 0.279 e. The first-order valence-electron chi connectivity index (χ1n) is 6.09. The number of hydrogen-bond donors (Lipinski definition) is 2. The number of aliphatic hydroxyl groups is 1. The molecule has 0 fully saturated rings. The van der Waals surface area contributed by atoms with Gasteiger partial charge in [-0.2, -0.15) is 0 Å². The van der Waals surface area contributed by atoms with Crippen molar-refractivity contribution < 1.29 is 19.8 Å². The van der Waals surface area contributed by atoms with Crippen LogP contribution >= 0.6 is 0 Å². The maximum atomic E-state index is 12.0. The van der Waals surface area contributed by atoms with Crippen molar-refractivity contribution in [3.63, 3.8) is 0 Å². The van der Waals surface area contributed by atoms with E-state index in [0.717, 1.165) is 0 Å². The topological polar surface area (TPSA) is 70.0 Å². The Labute approximate surface area is 111 Å². The fourth-order valence-electron chi connectivity index (χ4n) is 2.16. The van der Waals surface area contributed by atoms with Crippen molar-refractivity contribution in [2.45, 2.75) is 24.7 Å². The van der Waals surface area contributed by atoms with Gasteiger partial charge in [-0.1, -0.05) is 42.5 Å². The summed E-state index contributed by atoms with van der Waals surface area (Å²) in [5.41, 5.74) is 0.450. The lowest BCUT2D eigenvalue weighted by molar-refractivity contribution is -0.192. The zero-order valence-electron chi connectivity index (χ0n) is 10.6. The van der Waals surface area contributed by atoms with Crippen LogP contribution < -0.4 is 0 Å². The summed E-state index contributed by atoms with van der Waals surface area (Å²) >= 11 is 0. The molecule has 0 radical (unpaired) electrons. The van der Waals surface area contributed by atoms with Crippen molar-refractivity contribution in [1.29, 1.82) is 0 Å². The number of methoxy groups -OCH3 is 1. The van der Waals surface area contributed by atoms with Crippen molar-refractivity contribution in [3.8, 4) is 0 Å². The number of hydrogen-bond acceptors (Lipinski definition) is 4. The molecule has 0 heterocycles. The standard InChI is InChI=1S/C14H17NO4/c1-19-12-9-5-8-11(12)15(18)14(17)13(16)10-6-3-2-4-7-10/h2-7,9,11-13,16,18H,8H2,1H3/t11-,12-,13-/m1/s1. The summed E-state index contributed by atoms with van der Waals surface area (Å²) in [4.78, 5) is 12.0. The largest absolute Gasteiger partial charge is 0.378 e. The average Bonchev–Trinajstić information content (AvgIpc) is 2.94. The Morgan fingerprint density at radius 1 is 1.42 bits per heavy atom. The highest BCUT2D eigenvalue weighted by Crippen LogP contribution is 2.22. The molecule has 1 amide bonds. The van der Waals surface area contributed by atoms with Crippen LogP contribution in [0.1, 0.15) is 18.1 Å².